The maximum absolute atomic E-state index is 12.1. The normalized spacial score (nSPS) is 16.6. The van der Waals surface area contributed by atoms with Gasteiger partial charge in [0.15, 0.2) is 0 Å². The molecule has 126 valence electrons. The van der Waals surface area contributed by atoms with Crippen LogP contribution in [0.25, 0.3) is 0 Å². The van der Waals surface area contributed by atoms with Crippen LogP contribution >= 0.6 is 0 Å². The molecule has 1 aliphatic rings. The molecule has 0 bridgehead atoms. The summed E-state index contributed by atoms with van der Waals surface area (Å²) in [6.07, 6.45) is 1.03. The van der Waals surface area contributed by atoms with Crippen LogP contribution < -0.4 is 10.1 Å². The Labute approximate surface area is 135 Å². The van der Waals surface area contributed by atoms with Gasteiger partial charge in [0.25, 0.3) is 0 Å². The van der Waals surface area contributed by atoms with Crippen LogP contribution in [-0.2, 0) is 20.7 Å². The maximum Gasteiger partial charge on any atom is 0.311 e. The van der Waals surface area contributed by atoms with Gasteiger partial charge in [0, 0.05) is 19.8 Å². The number of hydrogen-bond acceptors (Lipinski definition) is 4. The standard InChI is InChI=1S/C17H23NO5/c1-12-3-4-13(9-14(12)22-2)10-15(19)18-11-17(16(20)21)5-7-23-8-6-17/h3-4,9H,5-8,10-11H2,1-2H3,(H,18,19)(H,20,21). The number of carbonyl (C=O) groups excluding carboxylic acids is 1. The maximum atomic E-state index is 12.1. The van der Waals surface area contributed by atoms with Crippen LogP contribution in [0.4, 0.5) is 0 Å². The summed E-state index contributed by atoms with van der Waals surface area (Å²) in [5, 5.41) is 12.2. The molecule has 1 saturated heterocycles. The Morgan fingerprint density at radius 3 is 2.65 bits per heavy atom. The van der Waals surface area contributed by atoms with Crippen molar-refractivity contribution in [3.63, 3.8) is 0 Å². The fourth-order valence-corrected chi connectivity index (χ4v) is 2.72. The molecule has 0 radical (unpaired) electrons. The highest BCUT2D eigenvalue weighted by molar-refractivity contribution is 5.80. The summed E-state index contributed by atoms with van der Waals surface area (Å²) in [5.41, 5.74) is 0.920. The second-order valence-electron chi connectivity index (χ2n) is 5.96. The number of amides is 1. The molecule has 2 rings (SSSR count). The van der Waals surface area contributed by atoms with Gasteiger partial charge in [0.05, 0.1) is 18.9 Å². The van der Waals surface area contributed by atoms with Gasteiger partial charge in [-0.1, -0.05) is 12.1 Å². The molecule has 6 heteroatoms. The zero-order valence-electron chi connectivity index (χ0n) is 13.6. The molecule has 1 aromatic rings. The van der Waals surface area contributed by atoms with Gasteiger partial charge in [-0.25, -0.2) is 0 Å². The predicted octanol–water partition coefficient (Wildman–Crippen LogP) is 1.54. The smallest absolute Gasteiger partial charge is 0.311 e. The van der Waals surface area contributed by atoms with E-state index >= 15 is 0 Å². The second kappa shape index (κ2) is 7.46. The van der Waals surface area contributed by atoms with Gasteiger partial charge < -0.3 is 19.9 Å². The Kier molecular flexibility index (Phi) is 5.60. The molecule has 0 saturated carbocycles. The van der Waals surface area contributed by atoms with Crippen molar-refractivity contribution in [3.05, 3.63) is 29.3 Å². The summed E-state index contributed by atoms with van der Waals surface area (Å²) >= 11 is 0. The Hall–Kier alpha value is -2.08. The van der Waals surface area contributed by atoms with Gasteiger partial charge in [-0.05, 0) is 37.0 Å². The van der Waals surface area contributed by atoms with Gasteiger partial charge in [0.1, 0.15) is 5.75 Å². The van der Waals surface area contributed by atoms with E-state index in [0.717, 1.165) is 16.9 Å². The van der Waals surface area contributed by atoms with Gasteiger partial charge in [-0.15, -0.1) is 0 Å². The van der Waals surface area contributed by atoms with E-state index in [0.29, 0.717) is 26.1 Å². The first-order chi connectivity index (χ1) is 11.0. The molecule has 0 aromatic heterocycles. The number of rotatable bonds is 6. The number of hydrogen-bond donors (Lipinski definition) is 2. The summed E-state index contributed by atoms with van der Waals surface area (Å²) in [5.74, 6) is -0.331. The number of aliphatic carboxylic acids is 1. The number of methoxy groups -OCH3 is 1. The van der Waals surface area contributed by atoms with E-state index in [-0.39, 0.29) is 18.9 Å². The van der Waals surface area contributed by atoms with Crippen molar-refractivity contribution in [1.82, 2.24) is 5.32 Å². The van der Waals surface area contributed by atoms with Crippen LogP contribution in [-0.4, -0.2) is 43.9 Å². The number of ether oxygens (including phenoxy) is 2. The van der Waals surface area contributed by atoms with Crippen molar-refractivity contribution in [2.75, 3.05) is 26.9 Å². The minimum absolute atomic E-state index is 0.132. The van der Waals surface area contributed by atoms with Crippen molar-refractivity contribution in [1.29, 1.82) is 0 Å². The molecule has 1 heterocycles. The molecular formula is C17H23NO5. The van der Waals surface area contributed by atoms with Crippen LogP contribution in [0.2, 0.25) is 0 Å². The lowest BCUT2D eigenvalue weighted by molar-refractivity contribution is -0.154. The first-order valence-corrected chi connectivity index (χ1v) is 7.68. The zero-order valence-corrected chi connectivity index (χ0v) is 13.6. The molecule has 1 aliphatic heterocycles. The summed E-state index contributed by atoms with van der Waals surface area (Å²) in [6.45, 7) is 2.90. The first-order valence-electron chi connectivity index (χ1n) is 7.68. The average Bonchev–Trinajstić information content (AvgIpc) is 2.55. The number of benzene rings is 1. The predicted molar refractivity (Wildman–Crippen MR) is 84.6 cm³/mol. The number of aryl methyl sites for hydroxylation is 1. The van der Waals surface area contributed by atoms with E-state index in [1.165, 1.54) is 0 Å². The lowest BCUT2D eigenvalue weighted by Crippen LogP contribution is -2.46. The molecule has 6 nitrogen and oxygen atoms in total. The SMILES string of the molecule is COc1cc(CC(=O)NCC2(C(=O)O)CCOCC2)ccc1C. The molecule has 0 aliphatic carbocycles. The van der Waals surface area contributed by atoms with Crippen LogP contribution in [0.5, 0.6) is 5.75 Å². The van der Waals surface area contributed by atoms with E-state index in [2.05, 4.69) is 5.32 Å². The van der Waals surface area contributed by atoms with Crippen molar-refractivity contribution < 1.29 is 24.2 Å². The number of carboxylic acid groups (broad SMARTS) is 1. The minimum Gasteiger partial charge on any atom is -0.496 e. The van der Waals surface area contributed by atoms with Gasteiger partial charge >= 0.3 is 5.97 Å². The largest absolute Gasteiger partial charge is 0.496 e. The van der Waals surface area contributed by atoms with Gasteiger partial charge in [-0.3, -0.25) is 9.59 Å². The van der Waals surface area contributed by atoms with Gasteiger partial charge in [0.2, 0.25) is 5.91 Å². The van der Waals surface area contributed by atoms with Crippen LogP contribution in [0, 0.1) is 12.3 Å². The fourth-order valence-electron chi connectivity index (χ4n) is 2.72. The number of carbonyl (C=O) groups is 2. The summed E-state index contributed by atoms with van der Waals surface area (Å²) in [7, 11) is 1.59. The third-order valence-corrected chi connectivity index (χ3v) is 4.36. The van der Waals surface area contributed by atoms with Crippen LogP contribution in [0.3, 0.4) is 0 Å². The lowest BCUT2D eigenvalue weighted by Gasteiger charge is -2.33. The quantitative estimate of drug-likeness (QED) is 0.830. The lowest BCUT2D eigenvalue weighted by atomic mass is 9.80. The minimum atomic E-state index is -0.918. The molecule has 1 amide bonds. The molecule has 1 fully saturated rings. The number of carboxylic acids is 1. The molecule has 2 N–H and O–H groups in total. The topological polar surface area (TPSA) is 84.9 Å². The highest BCUT2D eigenvalue weighted by Crippen LogP contribution is 2.30. The first kappa shape index (κ1) is 17.3. The third kappa shape index (κ3) is 4.22. The Bertz CT molecular complexity index is 578. The average molecular weight is 321 g/mol. The van der Waals surface area contributed by atoms with Gasteiger partial charge in [-0.2, -0.15) is 0 Å². The molecule has 0 atom stereocenters. The van der Waals surface area contributed by atoms with E-state index in [1.54, 1.807) is 7.11 Å². The zero-order chi connectivity index (χ0) is 16.9. The summed E-state index contributed by atoms with van der Waals surface area (Å²) < 4.78 is 10.5. The van der Waals surface area contributed by atoms with Crippen molar-refractivity contribution >= 4 is 11.9 Å². The van der Waals surface area contributed by atoms with E-state index in [4.69, 9.17) is 9.47 Å². The van der Waals surface area contributed by atoms with Crippen molar-refractivity contribution in [2.45, 2.75) is 26.2 Å². The monoisotopic (exact) mass is 321 g/mol. The van der Waals surface area contributed by atoms with E-state index in [9.17, 15) is 14.7 Å². The number of nitrogens with one attached hydrogen (secondary N) is 1. The van der Waals surface area contributed by atoms with Crippen LogP contribution in [0.1, 0.15) is 24.0 Å². The highest BCUT2D eigenvalue weighted by atomic mass is 16.5. The van der Waals surface area contributed by atoms with E-state index < -0.39 is 11.4 Å². The van der Waals surface area contributed by atoms with Crippen molar-refractivity contribution in [3.8, 4) is 5.75 Å². The second-order valence-corrected chi connectivity index (χ2v) is 5.96. The molecule has 0 spiro atoms. The molecular weight excluding hydrogens is 298 g/mol. The highest BCUT2D eigenvalue weighted by Gasteiger charge is 2.40. The molecule has 0 unspecified atom stereocenters. The summed E-state index contributed by atoms with van der Waals surface area (Å²) in [4.78, 5) is 23.7. The Balaban J connectivity index is 1.95. The fraction of sp³-hybridized carbons (Fsp3) is 0.529. The van der Waals surface area contributed by atoms with E-state index in [1.807, 2.05) is 25.1 Å². The molecule has 23 heavy (non-hydrogen) atoms. The Morgan fingerprint density at radius 1 is 1.35 bits per heavy atom. The molecule has 1 aromatic carbocycles. The Morgan fingerprint density at radius 2 is 2.04 bits per heavy atom. The van der Waals surface area contributed by atoms with Crippen LogP contribution in [0.15, 0.2) is 18.2 Å². The summed E-state index contributed by atoms with van der Waals surface area (Å²) in [6, 6.07) is 5.60. The third-order valence-electron chi connectivity index (χ3n) is 4.36. The van der Waals surface area contributed by atoms with Crippen molar-refractivity contribution in [2.24, 2.45) is 5.41 Å².